The molecule has 0 amide bonds. The van der Waals surface area contributed by atoms with Crippen LogP contribution in [0.1, 0.15) is 35.0 Å². The summed E-state index contributed by atoms with van der Waals surface area (Å²) in [6, 6.07) is 8.38. The fourth-order valence-electron chi connectivity index (χ4n) is 2.99. The van der Waals surface area contributed by atoms with E-state index in [0.29, 0.717) is 11.7 Å². The van der Waals surface area contributed by atoms with Crippen LogP contribution in [0.3, 0.4) is 0 Å². The highest BCUT2D eigenvalue weighted by molar-refractivity contribution is 7.80. The van der Waals surface area contributed by atoms with Gasteiger partial charge in [-0.1, -0.05) is 24.3 Å². The standard InChI is InChI=1S/C20H26N6S/c1-5-25-12-17(11-22-25)10-21-20(27)23-19-15(3)24-26(16(19)4)13-18-9-7-6-8-14(18)2/h6-9,11-12H,5,10,13H2,1-4H3,(H2,21,23,27). The molecule has 0 fully saturated rings. The zero-order valence-electron chi connectivity index (χ0n) is 16.3. The average Bonchev–Trinajstić information content (AvgIpc) is 3.22. The first-order valence-corrected chi connectivity index (χ1v) is 9.53. The van der Waals surface area contributed by atoms with Crippen LogP contribution in [0, 0.1) is 20.8 Å². The van der Waals surface area contributed by atoms with Gasteiger partial charge in [-0.3, -0.25) is 9.36 Å². The van der Waals surface area contributed by atoms with E-state index in [0.717, 1.165) is 35.7 Å². The monoisotopic (exact) mass is 382 g/mol. The molecule has 3 rings (SSSR count). The second-order valence-corrected chi connectivity index (χ2v) is 7.05. The SMILES string of the molecule is CCn1cc(CNC(=S)Nc2c(C)nn(Cc3ccccc3C)c2C)cn1. The Bertz CT molecular complexity index is 940. The van der Waals surface area contributed by atoms with Gasteiger partial charge >= 0.3 is 0 Å². The Morgan fingerprint density at radius 1 is 1.19 bits per heavy atom. The lowest BCUT2D eigenvalue weighted by Crippen LogP contribution is -2.28. The summed E-state index contributed by atoms with van der Waals surface area (Å²) in [6.45, 7) is 10.5. The van der Waals surface area contributed by atoms with E-state index in [2.05, 4.69) is 65.9 Å². The van der Waals surface area contributed by atoms with Crippen molar-refractivity contribution in [2.75, 3.05) is 5.32 Å². The summed E-state index contributed by atoms with van der Waals surface area (Å²) < 4.78 is 3.92. The second kappa shape index (κ2) is 8.35. The van der Waals surface area contributed by atoms with Gasteiger partial charge < -0.3 is 10.6 Å². The fourth-order valence-corrected chi connectivity index (χ4v) is 3.17. The molecule has 6 nitrogen and oxygen atoms in total. The van der Waals surface area contributed by atoms with Gasteiger partial charge in [0.25, 0.3) is 0 Å². The van der Waals surface area contributed by atoms with Crippen molar-refractivity contribution < 1.29 is 0 Å². The van der Waals surface area contributed by atoms with Crippen LogP contribution in [0.25, 0.3) is 0 Å². The molecule has 0 saturated carbocycles. The summed E-state index contributed by atoms with van der Waals surface area (Å²) in [7, 11) is 0. The van der Waals surface area contributed by atoms with Crippen molar-refractivity contribution in [3.63, 3.8) is 0 Å². The molecule has 0 unspecified atom stereocenters. The van der Waals surface area contributed by atoms with E-state index in [-0.39, 0.29) is 0 Å². The molecule has 3 aromatic rings. The molecule has 1 aromatic carbocycles. The van der Waals surface area contributed by atoms with Gasteiger partial charge in [-0.05, 0) is 51.0 Å². The Hall–Kier alpha value is -2.67. The van der Waals surface area contributed by atoms with E-state index < -0.39 is 0 Å². The van der Waals surface area contributed by atoms with Gasteiger partial charge in [0.1, 0.15) is 0 Å². The van der Waals surface area contributed by atoms with Crippen molar-refractivity contribution >= 4 is 23.0 Å². The van der Waals surface area contributed by atoms with E-state index in [1.54, 1.807) is 0 Å². The number of benzene rings is 1. The molecule has 27 heavy (non-hydrogen) atoms. The Balaban J connectivity index is 1.65. The molecule has 0 spiro atoms. The third-order valence-corrected chi connectivity index (χ3v) is 4.91. The van der Waals surface area contributed by atoms with E-state index in [4.69, 9.17) is 12.2 Å². The number of nitrogens with zero attached hydrogens (tertiary/aromatic N) is 4. The molecule has 0 radical (unpaired) electrons. The van der Waals surface area contributed by atoms with E-state index in [9.17, 15) is 0 Å². The molecular formula is C20H26N6S. The average molecular weight is 383 g/mol. The quantitative estimate of drug-likeness (QED) is 0.639. The number of thiocarbonyl (C=S) groups is 1. The lowest BCUT2D eigenvalue weighted by molar-refractivity contribution is 0.657. The molecule has 2 aromatic heterocycles. The van der Waals surface area contributed by atoms with Crippen LogP contribution in [0.2, 0.25) is 0 Å². The summed E-state index contributed by atoms with van der Waals surface area (Å²) >= 11 is 5.46. The van der Waals surface area contributed by atoms with Gasteiger partial charge in [0.05, 0.1) is 29.8 Å². The van der Waals surface area contributed by atoms with Crippen LogP contribution in [0.4, 0.5) is 5.69 Å². The zero-order valence-corrected chi connectivity index (χ0v) is 17.1. The number of rotatable bonds is 6. The summed E-state index contributed by atoms with van der Waals surface area (Å²) in [5.41, 5.74) is 6.60. The van der Waals surface area contributed by atoms with Crippen molar-refractivity contribution in [2.24, 2.45) is 0 Å². The van der Waals surface area contributed by atoms with Gasteiger partial charge in [-0.25, -0.2) is 0 Å². The Morgan fingerprint density at radius 2 is 1.96 bits per heavy atom. The maximum atomic E-state index is 5.46. The predicted molar refractivity (Wildman–Crippen MR) is 113 cm³/mol. The summed E-state index contributed by atoms with van der Waals surface area (Å²) in [5, 5.41) is 16.1. The van der Waals surface area contributed by atoms with E-state index in [1.165, 1.54) is 11.1 Å². The van der Waals surface area contributed by atoms with Gasteiger partial charge in [0.15, 0.2) is 5.11 Å². The molecule has 2 heterocycles. The molecule has 7 heteroatoms. The topological polar surface area (TPSA) is 59.7 Å². The van der Waals surface area contributed by atoms with E-state index >= 15 is 0 Å². The number of aryl methyl sites for hydroxylation is 3. The van der Waals surface area contributed by atoms with Crippen LogP contribution in [-0.4, -0.2) is 24.7 Å². The van der Waals surface area contributed by atoms with Crippen molar-refractivity contribution in [2.45, 2.75) is 47.3 Å². The minimum absolute atomic E-state index is 0.584. The van der Waals surface area contributed by atoms with Gasteiger partial charge in [-0.15, -0.1) is 0 Å². The molecule has 0 bridgehead atoms. The first-order chi connectivity index (χ1) is 13.0. The summed E-state index contributed by atoms with van der Waals surface area (Å²) in [5.74, 6) is 0. The number of aromatic nitrogens is 4. The molecule has 0 atom stereocenters. The number of hydrogen-bond donors (Lipinski definition) is 2. The van der Waals surface area contributed by atoms with Crippen LogP contribution >= 0.6 is 12.2 Å². The van der Waals surface area contributed by atoms with Crippen molar-refractivity contribution in [1.82, 2.24) is 24.9 Å². The first-order valence-electron chi connectivity index (χ1n) is 9.12. The largest absolute Gasteiger partial charge is 0.358 e. The number of hydrogen-bond acceptors (Lipinski definition) is 3. The van der Waals surface area contributed by atoms with Crippen molar-refractivity contribution in [3.05, 3.63) is 64.7 Å². The number of anilines is 1. The van der Waals surface area contributed by atoms with E-state index in [1.807, 2.05) is 28.7 Å². The molecule has 0 saturated heterocycles. The Labute approximate surface area is 165 Å². The smallest absolute Gasteiger partial charge is 0.171 e. The van der Waals surface area contributed by atoms with Crippen molar-refractivity contribution in [3.8, 4) is 0 Å². The Morgan fingerprint density at radius 3 is 2.67 bits per heavy atom. The Kier molecular flexibility index (Phi) is 5.91. The maximum Gasteiger partial charge on any atom is 0.171 e. The van der Waals surface area contributed by atoms with Crippen LogP contribution < -0.4 is 10.6 Å². The normalized spacial score (nSPS) is 10.8. The summed E-state index contributed by atoms with van der Waals surface area (Å²) in [4.78, 5) is 0. The second-order valence-electron chi connectivity index (χ2n) is 6.64. The predicted octanol–water partition coefficient (Wildman–Crippen LogP) is 3.56. The zero-order chi connectivity index (χ0) is 19.4. The molecule has 0 aliphatic rings. The molecule has 0 aliphatic heterocycles. The first kappa shape index (κ1) is 19.1. The third kappa shape index (κ3) is 4.54. The molecule has 2 N–H and O–H groups in total. The highest BCUT2D eigenvalue weighted by Crippen LogP contribution is 2.21. The minimum Gasteiger partial charge on any atom is -0.358 e. The maximum absolute atomic E-state index is 5.46. The van der Waals surface area contributed by atoms with Crippen molar-refractivity contribution in [1.29, 1.82) is 0 Å². The lowest BCUT2D eigenvalue weighted by atomic mass is 10.1. The lowest BCUT2D eigenvalue weighted by Gasteiger charge is -2.11. The number of nitrogens with one attached hydrogen (secondary N) is 2. The molecule has 0 aliphatic carbocycles. The van der Waals surface area contributed by atoms with Gasteiger partial charge in [-0.2, -0.15) is 10.2 Å². The molecule has 142 valence electrons. The van der Waals surface area contributed by atoms with Crippen LogP contribution in [-0.2, 0) is 19.6 Å². The molecular weight excluding hydrogens is 356 g/mol. The van der Waals surface area contributed by atoms with Crippen LogP contribution in [0.5, 0.6) is 0 Å². The highest BCUT2D eigenvalue weighted by atomic mass is 32.1. The fraction of sp³-hybridized carbons (Fsp3) is 0.350. The van der Waals surface area contributed by atoms with Crippen LogP contribution in [0.15, 0.2) is 36.7 Å². The third-order valence-electron chi connectivity index (χ3n) is 4.67. The minimum atomic E-state index is 0.584. The highest BCUT2D eigenvalue weighted by Gasteiger charge is 2.13. The van der Waals surface area contributed by atoms with Gasteiger partial charge in [0, 0.05) is 24.8 Å². The summed E-state index contributed by atoms with van der Waals surface area (Å²) in [6.07, 6.45) is 3.88. The van der Waals surface area contributed by atoms with Gasteiger partial charge in [0.2, 0.25) is 0 Å².